The maximum Gasteiger partial charge on any atom is 0.260 e. The molecule has 3 nitrogen and oxygen atoms in total. The van der Waals surface area contributed by atoms with E-state index in [1.54, 1.807) is 6.92 Å². The molecule has 0 spiro atoms. The number of phenolic OH excluding ortho intramolecular Hbond substituents is 1. The SMILES string of the molecule is Cc1ccc2c(c1O)c(=O)[nH]c1ccccc12. The molecule has 0 fully saturated rings. The highest BCUT2D eigenvalue weighted by Crippen LogP contribution is 2.29. The molecule has 2 N–H and O–H groups in total. The topological polar surface area (TPSA) is 53.1 Å². The van der Waals surface area contributed by atoms with Crippen LogP contribution in [0.25, 0.3) is 21.7 Å². The number of aryl methyl sites for hydroxylation is 1. The zero-order valence-electron chi connectivity index (χ0n) is 9.32. The van der Waals surface area contributed by atoms with Crippen LogP contribution < -0.4 is 5.56 Å². The fraction of sp³-hybridized carbons (Fsp3) is 0.0714. The Kier molecular flexibility index (Phi) is 1.95. The van der Waals surface area contributed by atoms with E-state index in [-0.39, 0.29) is 11.3 Å². The first-order chi connectivity index (χ1) is 8.18. The lowest BCUT2D eigenvalue weighted by Gasteiger charge is -2.06. The monoisotopic (exact) mass is 225 g/mol. The fourth-order valence-electron chi connectivity index (χ4n) is 2.16. The van der Waals surface area contributed by atoms with Crippen molar-refractivity contribution in [3.05, 3.63) is 52.3 Å². The van der Waals surface area contributed by atoms with Gasteiger partial charge in [0.25, 0.3) is 5.56 Å². The molecule has 3 heteroatoms. The second-order valence-electron chi connectivity index (χ2n) is 4.15. The van der Waals surface area contributed by atoms with Crippen LogP contribution in [0.15, 0.2) is 41.2 Å². The summed E-state index contributed by atoms with van der Waals surface area (Å²) in [6, 6.07) is 11.3. The number of fused-ring (bicyclic) bond motifs is 3. The molecule has 84 valence electrons. The van der Waals surface area contributed by atoms with Gasteiger partial charge in [0.15, 0.2) is 0 Å². The summed E-state index contributed by atoms with van der Waals surface area (Å²) in [6.07, 6.45) is 0. The van der Waals surface area contributed by atoms with Gasteiger partial charge in [-0.1, -0.05) is 30.3 Å². The van der Waals surface area contributed by atoms with Crippen LogP contribution in [0.1, 0.15) is 5.56 Å². The van der Waals surface area contributed by atoms with Crippen molar-refractivity contribution in [1.29, 1.82) is 0 Å². The van der Waals surface area contributed by atoms with Gasteiger partial charge in [-0.15, -0.1) is 0 Å². The van der Waals surface area contributed by atoms with Crippen molar-refractivity contribution in [3.63, 3.8) is 0 Å². The number of nitrogens with one attached hydrogen (secondary N) is 1. The minimum atomic E-state index is -0.250. The second kappa shape index (κ2) is 3.35. The molecule has 0 saturated heterocycles. The zero-order chi connectivity index (χ0) is 12.0. The van der Waals surface area contributed by atoms with Gasteiger partial charge in [-0.2, -0.15) is 0 Å². The normalized spacial score (nSPS) is 11.1. The summed E-state index contributed by atoms with van der Waals surface area (Å²) >= 11 is 0. The van der Waals surface area contributed by atoms with Crippen molar-refractivity contribution in [1.82, 2.24) is 4.98 Å². The Hall–Kier alpha value is -2.29. The van der Waals surface area contributed by atoms with Crippen molar-refractivity contribution >= 4 is 21.7 Å². The quantitative estimate of drug-likeness (QED) is 0.578. The van der Waals surface area contributed by atoms with Crippen molar-refractivity contribution in [2.75, 3.05) is 0 Å². The summed E-state index contributed by atoms with van der Waals surface area (Å²) in [5.41, 5.74) is 1.24. The van der Waals surface area contributed by atoms with Crippen LogP contribution in [-0.4, -0.2) is 10.1 Å². The van der Waals surface area contributed by atoms with E-state index in [0.717, 1.165) is 16.3 Å². The molecule has 0 unspecified atom stereocenters. The molecule has 0 radical (unpaired) electrons. The number of aromatic nitrogens is 1. The van der Waals surface area contributed by atoms with Crippen LogP contribution >= 0.6 is 0 Å². The molecule has 3 aromatic rings. The largest absolute Gasteiger partial charge is 0.507 e. The van der Waals surface area contributed by atoms with Crippen LogP contribution in [0.5, 0.6) is 5.75 Å². The van der Waals surface area contributed by atoms with Gasteiger partial charge in [-0.25, -0.2) is 0 Å². The predicted molar refractivity (Wildman–Crippen MR) is 68.5 cm³/mol. The summed E-state index contributed by atoms with van der Waals surface area (Å²) in [6.45, 7) is 1.78. The summed E-state index contributed by atoms with van der Waals surface area (Å²) in [5.74, 6) is 0.0644. The number of aromatic amines is 1. The lowest BCUT2D eigenvalue weighted by Crippen LogP contribution is -2.06. The Balaban J connectivity index is 2.68. The number of pyridine rings is 1. The van der Waals surface area contributed by atoms with Crippen LogP contribution in [0.2, 0.25) is 0 Å². The summed E-state index contributed by atoms with van der Waals surface area (Å²) in [4.78, 5) is 14.7. The van der Waals surface area contributed by atoms with Crippen molar-refractivity contribution < 1.29 is 5.11 Å². The molecule has 0 amide bonds. The first kappa shape index (κ1) is 9.90. The van der Waals surface area contributed by atoms with E-state index >= 15 is 0 Å². The average molecular weight is 225 g/mol. The molecular weight excluding hydrogens is 214 g/mol. The Morgan fingerprint density at radius 1 is 1.06 bits per heavy atom. The number of rotatable bonds is 0. The minimum Gasteiger partial charge on any atom is -0.507 e. The van der Waals surface area contributed by atoms with E-state index in [0.29, 0.717) is 10.9 Å². The van der Waals surface area contributed by atoms with E-state index in [1.165, 1.54) is 0 Å². The standard InChI is InChI=1S/C14H11NO2/c1-8-6-7-10-9-4-2-3-5-11(9)15-14(17)12(10)13(8)16/h2-7,16H,1H3,(H,15,17). The molecule has 0 bridgehead atoms. The first-order valence-electron chi connectivity index (χ1n) is 5.42. The van der Waals surface area contributed by atoms with Gasteiger partial charge in [0.1, 0.15) is 5.75 Å². The second-order valence-corrected chi connectivity index (χ2v) is 4.15. The Bertz CT molecular complexity index is 787. The molecule has 1 heterocycles. The summed E-state index contributed by atoms with van der Waals surface area (Å²) in [5, 5.41) is 12.1. The van der Waals surface area contributed by atoms with Gasteiger partial charge in [-0.3, -0.25) is 4.79 Å². The van der Waals surface area contributed by atoms with E-state index in [2.05, 4.69) is 4.98 Å². The van der Waals surface area contributed by atoms with E-state index < -0.39 is 0 Å². The number of phenols is 1. The number of hydrogen-bond donors (Lipinski definition) is 2. The fourth-order valence-corrected chi connectivity index (χ4v) is 2.16. The third-order valence-corrected chi connectivity index (χ3v) is 3.07. The molecule has 2 aromatic carbocycles. The average Bonchev–Trinajstić information content (AvgIpc) is 2.33. The summed E-state index contributed by atoms with van der Waals surface area (Å²) < 4.78 is 0. The number of hydrogen-bond acceptors (Lipinski definition) is 2. The lowest BCUT2D eigenvalue weighted by molar-refractivity contribution is 0.477. The molecular formula is C14H11NO2. The summed E-state index contributed by atoms with van der Waals surface area (Å²) in [7, 11) is 0. The number of aromatic hydroxyl groups is 1. The minimum absolute atomic E-state index is 0.0644. The van der Waals surface area contributed by atoms with Gasteiger partial charge in [0, 0.05) is 16.3 Å². The number of H-pyrrole nitrogens is 1. The van der Waals surface area contributed by atoms with E-state index in [9.17, 15) is 9.90 Å². The molecule has 1 aromatic heterocycles. The predicted octanol–water partition coefficient (Wildman–Crippen LogP) is 2.70. The van der Waals surface area contributed by atoms with E-state index in [4.69, 9.17) is 0 Å². The van der Waals surface area contributed by atoms with Gasteiger partial charge in [-0.05, 0) is 18.6 Å². The molecule has 0 aliphatic rings. The van der Waals surface area contributed by atoms with Crippen LogP contribution in [0.3, 0.4) is 0 Å². The maximum atomic E-state index is 12.0. The Labute approximate surface area is 97.3 Å². The highest BCUT2D eigenvalue weighted by atomic mass is 16.3. The zero-order valence-corrected chi connectivity index (χ0v) is 9.32. The van der Waals surface area contributed by atoms with Gasteiger partial charge < -0.3 is 10.1 Å². The molecule has 3 rings (SSSR count). The van der Waals surface area contributed by atoms with E-state index in [1.807, 2.05) is 36.4 Å². The third kappa shape index (κ3) is 1.32. The molecule has 0 atom stereocenters. The smallest absolute Gasteiger partial charge is 0.260 e. The van der Waals surface area contributed by atoms with Gasteiger partial charge >= 0.3 is 0 Å². The van der Waals surface area contributed by atoms with Gasteiger partial charge in [0.05, 0.1) is 5.39 Å². The molecule has 0 aliphatic carbocycles. The Morgan fingerprint density at radius 2 is 1.82 bits per heavy atom. The van der Waals surface area contributed by atoms with Gasteiger partial charge in [0.2, 0.25) is 0 Å². The maximum absolute atomic E-state index is 12.0. The van der Waals surface area contributed by atoms with Crippen LogP contribution in [0, 0.1) is 6.92 Å². The van der Waals surface area contributed by atoms with Crippen LogP contribution in [-0.2, 0) is 0 Å². The Morgan fingerprint density at radius 3 is 2.65 bits per heavy atom. The van der Waals surface area contributed by atoms with Crippen LogP contribution in [0.4, 0.5) is 0 Å². The lowest BCUT2D eigenvalue weighted by atomic mass is 10.0. The molecule has 17 heavy (non-hydrogen) atoms. The van der Waals surface area contributed by atoms with Crippen molar-refractivity contribution in [3.8, 4) is 5.75 Å². The van der Waals surface area contributed by atoms with Crippen molar-refractivity contribution in [2.45, 2.75) is 6.92 Å². The number of para-hydroxylation sites is 1. The highest BCUT2D eigenvalue weighted by molar-refractivity contribution is 6.07. The highest BCUT2D eigenvalue weighted by Gasteiger charge is 2.10. The third-order valence-electron chi connectivity index (χ3n) is 3.07. The number of benzene rings is 2. The molecule has 0 saturated carbocycles. The first-order valence-corrected chi connectivity index (χ1v) is 5.42. The molecule has 0 aliphatic heterocycles. The van der Waals surface area contributed by atoms with Crippen molar-refractivity contribution in [2.24, 2.45) is 0 Å².